The Labute approximate surface area is 227 Å². The molecular weight excluding hydrogens is 551 g/mol. The maximum absolute atomic E-state index is 13.4. The highest BCUT2D eigenvalue weighted by atomic mass is 32.2. The first-order valence-corrected chi connectivity index (χ1v) is 13.3. The van der Waals surface area contributed by atoms with Gasteiger partial charge in [-0.25, -0.2) is 22.9 Å². The van der Waals surface area contributed by atoms with Crippen molar-refractivity contribution in [1.82, 2.24) is 15.2 Å². The summed E-state index contributed by atoms with van der Waals surface area (Å²) < 4.78 is 62.0. The summed E-state index contributed by atoms with van der Waals surface area (Å²) >= 11 is 0. The molecule has 0 saturated carbocycles. The number of rotatable bonds is 7. The van der Waals surface area contributed by atoms with E-state index >= 15 is 0 Å². The molecule has 2 aromatic carbocycles. The van der Waals surface area contributed by atoms with E-state index in [0.717, 1.165) is 22.6 Å². The molecule has 0 spiro atoms. The minimum atomic E-state index is -5.60. The van der Waals surface area contributed by atoms with Gasteiger partial charge in [-0.2, -0.15) is 13.2 Å². The monoisotopic (exact) mass is 575 g/mol. The molecule has 0 aliphatic carbocycles. The van der Waals surface area contributed by atoms with Crippen molar-refractivity contribution >= 4 is 39.2 Å². The van der Waals surface area contributed by atoms with Gasteiger partial charge in [0.1, 0.15) is 5.54 Å². The number of nitrogens with zero attached hydrogens (tertiary/aromatic N) is 3. The predicted molar refractivity (Wildman–Crippen MR) is 139 cm³/mol. The van der Waals surface area contributed by atoms with Crippen LogP contribution in [0.1, 0.15) is 25.0 Å². The van der Waals surface area contributed by atoms with E-state index in [2.05, 4.69) is 15.6 Å². The second kappa shape index (κ2) is 10.6. The molecule has 1 saturated heterocycles. The Hall–Kier alpha value is -4.46. The summed E-state index contributed by atoms with van der Waals surface area (Å²) in [6.07, 6.45) is 2.85. The van der Waals surface area contributed by atoms with Crippen LogP contribution in [0.2, 0.25) is 0 Å². The van der Waals surface area contributed by atoms with Gasteiger partial charge in [-0.1, -0.05) is 30.3 Å². The molecule has 14 heteroatoms. The van der Waals surface area contributed by atoms with E-state index in [4.69, 9.17) is 0 Å². The molecule has 0 radical (unpaired) electrons. The zero-order valence-corrected chi connectivity index (χ0v) is 22.1. The van der Waals surface area contributed by atoms with Crippen molar-refractivity contribution in [1.29, 1.82) is 0 Å². The standard InChI is InChI=1S/C26H24F3N5O5S/c1-25(2)22(35)34(19-8-10-20(11-9-19)40(38,39)26(27,28)29)24(37)33(25)16-18-12-13-30-15-21(18)32-23(36)31-14-17-6-4-3-5-7-17/h3-13,15H,14,16H2,1-2H3,(H2,31,32,36). The van der Waals surface area contributed by atoms with Crippen molar-refractivity contribution in [2.45, 2.75) is 42.9 Å². The minimum Gasteiger partial charge on any atom is -0.334 e. The predicted octanol–water partition coefficient (Wildman–Crippen LogP) is 4.44. The Kier molecular flexibility index (Phi) is 7.57. The number of halogens is 3. The topological polar surface area (TPSA) is 129 Å². The largest absolute Gasteiger partial charge is 0.501 e. The van der Waals surface area contributed by atoms with E-state index < -0.39 is 43.7 Å². The van der Waals surface area contributed by atoms with Gasteiger partial charge in [0.25, 0.3) is 15.7 Å². The highest BCUT2D eigenvalue weighted by Gasteiger charge is 2.52. The Morgan fingerprint density at radius 3 is 2.27 bits per heavy atom. The maximum atomic E-state index is 13.4. The Bertz CT molecular complexity index is 1540. The molecule has 3 aromatic rings. The van der Waals surface area contributed by atoms with E-state index in [1.807, 2.05) is 30.3 Å². The van der Waals surface area contributed by atoms with Crippen LogP contribution in [0.4, 0.5) is 34.1 Å². The number of alkyl halides is 3. The van der Waals surface area contributed by atoms with Gasteiger partial charge in [0.15, 0.2) is 0 Å². The number of benzene rings is 2. The summed E-state index contributed by atoms with van der Waals surface area (Å²) in [5, 5.41) is 5.41. The normalized spacial score (nSPS) is 15.3. The van der Waals surface area contributed by atoms with Crippen LogP contribution in [-0.4, -0.2) is 47.3 Å². The Morgan fingerprint density at radius 2 is 1.65 bits per heavy atom. The van der Waals surface area contributed by atoms with Gasteiger partial charge in [0.2, 0.25) is 0 Å². The van der Waals surface area contributed by atoms with Gasteiger partial charge in [-0.05, 0) is 55.3 Å². The van der Waals surface area contributed by atoms with Gasteiger partial charge in [-0.15, -0.1) is 0 Å². The summed E-state index contributed by atoms with van der Waals surface area (Å²) in [4.78, 5) is 44.1. The van der Waals surface area contributed by atoms with Crippen LogP contribution in [0.5, 0.6) is 0 Å². The lowest BCUT2D eigenvalue weighted by Crippen LogP contribution is -2.43. The number of amides is 5. The fraction of sp³-hybridized carbons (Fsp3) is 0.231. The van der Waals surface area contributed by atoms with Crippen molar-refractivity contribution in [3.63, 3.8) is 0 Å². The highest BCUT2D eigenvalue weighted by Crippen LogP contribution is 2.36. The van der Waals surface area contributed by atoms with Crippen LogP contribution in [0.25, 0.3) is 0 Å². The van der Waals surface area contributed by atoms with E-state index in [-0.39, 0.29) is 18.8 Å². The van der Waals surface area contributed by atoms with Crippen molar-refractivity contribution in [3.8, 4) is 0 Å². The number of hydrogen-bond donors (Lipinski definition) is 2. The summed E-state index contributed by atoms with van der Waals surface area (Å²) in [6.45, 7) is 3.14. The highest BCUT2D eigenvalue weighted by molar-refractivity contribution is 7.92. The fourth-order valence-electron chi connectivity index (χ4n) is 4.03. The molecule has 1 fully saturated rings. The van der Waals surface area contributed by atoms with E-state index in [0.29, 0.717) is 23.4 Å². The Balaban J connectivity index is 1.53. The van der Waals surface area contributed by atoms with Crippen LogP contribution in [-0.2, 0) is 27.7 Å². The summed E-state index contributed by atoms with van der Waals surface area (Å²) in [5.41, 5.74) is -5.33. The number of urea groups is 2. The van der Waals surface area contributed by atoms with Gasteiger partial charge < -0.3 is 15.5 Å². The molecule has 1 aliphatic rings. The third-order valence-corrected chi connectivity index (χ3v) is 7.82. The summed E-state index contributed by atoms with van der Waals surface area (Å²) in [5.74, 6) is -0.673. The number of nitrogens with one attached hydrogen (secondary N) is 2. The Morgan fingerprint density at radius 1 is 1.00 bits per heavy atom. The van der Waals surface area contributed by atoms with Crippen LogP contribution in [0.3, 0.4) is 0 Å². The summed E-state index contributed by atoms with van der Waals surface area (Å²) in [7, 11) is -5.60. The number of pyridine rings is 1. The number of carbonyl (C=O) groups excluding carboxylic acids is 3. The lowest BCUT2D eigenvalue weighted by molar-refractivity contribution is -0.123. The maximum Gasteiger partial charge on any atom is 0.501 e. The van der Waals surface area contributed by atoms with Gasteiger partial charge >= 0.3 is 17.6 Å². The average molecular weight is 576 g/mol. The molecule has 4 rings (SSSR count). The number of carbonyl (C=O) groups is 3. The minimum absolute atomic E-state index is 0.0972. The lowest BCUT2D eigenvalue weighted by atomic mass is 10.0. The molecule has 2 heterocycles. The van der Waals surface area contributed by atoms with Gasteiger partial charge in [0.05, 0.1) is 29.0 Å². The van der Waals surface area contributed by atoms with Crippen molar-refractivity contribution in [2.24, 2.45) is 0 Å². The molecule has 5 amide bonds. The van der Waals surface area contributed by atoms with Crippen LogP contribution >= 0.6 is 0 Å². The average Bonchev–Trinajstić information content (AvgIpc) is 3.07. The molecule has 10 nitrogen and oxygen atoms in total. The number of imide groups is 1. The first kappa shape index (κ1) is 28.5. The fourth-order valence-corrected chi connectivity index (χ4v) is 4.79. The molecule has 0 unspecified atom stereocenters. The second-order valence-corrected chi connectivity index (χ2v) is 11.3. The SMILES string of the molecule is CC1(C)C(=O)N(c2ccc(S(=O)(=O)C(F)(F)F)cc2)C(=O)N1Cc1ccncc1NC(=O)NCc1ccccc1. The van der Waals surface area contributed by atoms with E-state index in [1.165, 1.54) is 31.1 Å². The molecule has 40 heavy (non-hydrogen) atoms. The third-order valence-electron chi connectivity index (χ3n) is 6.32. The van der Waals surface area contributed by atoms with Gasteiger partial charge in [0, 0.05) is 12.7 Å². The quantitative estimate of drug-likeness (QED) is 0.401. The second-order valence-electron chi connectivity index (χ2n) is 9.34. The van der Waals surface area contributed by atoms with E-state index in [1.54, 1.807) is 6.07 Å². The smallest absolute Gasteiger partial charge is 0.334 e. The molecule has 0 atom stereocenters. The van der Waals surface area contributed by atoms with Crippen molar-refractivity contribution in [3.05, 3.63) is 84.2 Å². The number of aromatic nitrogens is 1. The number of hydrogen-bond acceptors (Lipinski definition) is 6. The molecule has 210 valence electrons. The van der Waals surface area contributed by atoms with Crippen molar-refractivity contribution < 1.29 is 36.0 Å². The van der Waals surface area contributed by atoms with E-state index in [9.17, 15) is 36.0 Å². The molecule has 0 bridgehead atoms. The van der Waals surface area contributed by atoms with Gasteiger partial charge in [-0.3, -0.25) is 9.78 Å². The van der Waals surface area contributed by atoms with Crippen LogP contribution < -0.4 is 15.5 Å². The van der Waals surface area contributed by atoms with Crippen molar-refractivity contribution in [2.75, 3.05) is 10.2 Å². The molecular formula is C26H24F3N5O5S. The first-order chi connectivity index (χ1) is 18.7. The zero-order valence-electron chi connectivity index (χ0n) is 21.3. The molecule has 1 aromatic heterocycles. The number of sulfone groups is 1. The zero-order chi connectivity index (χ0) is 29.3. The van der Waals surface area contributed by atoms with Crippen LogP contribution in [0.15, 0.2) is 78.0 Å². The molecule has 2 N–H and O–H groups in total. The first-order valence-electron chi connectivity index (χ1n) is 11.8. The third kappa shape index (κ3) is 5.47. The number of anilines is 2. The molecule has 1 aliphatic heterocycles. The van der Waals surface area contributed by atoms with Crippen LogP contribution in [0, 0.1) is 0 Å². The summed E-state index contributed by atoms with van der Waals surface area (Å²) in [6, 6.07) is 12.8. The lowest BCUT2D eigenvalue weighted by Gasteiger charge is -2.28.